The van der Waals surface area contributed by atoms with Crippen molar-refractivity contribution in [3.8, 4) is 0 Å². The van der Waals surface area contributed by atoms with Gasteiger partial charge in [-0.3, -0.25) is 0 Å². The van der Waals surface area contributed by atoms with Gasteiger partial charge in [0.1, 0.15) is 6.61 Å². The average Bonchev–Trinajstić information content (AvgIpc) is 2.44. The summed E-state index contributed by atoms with van der Waals surface area (Å²) in [6.07, 6.45) is -0.441. The molecule has 1 aromatic carbocycles. The highest BCUT2D eigenvalue weighted by Crippen LogP contribution is 2.40. The summed E-state index contributed by atoms with van der Waals surface area (Å²) < 4.78 is 5.06. The predicted octanol–water partition coefficient (Wildman–Crippen LogP) is 0.161. The SMILES string of the molecule is O=C(NC1(CO)CC(O)(CO)C1)OCc1ccccc1. The highest BCUT2D eigenvalue weighted by Gasteiger charge is 2.54. The molecule has 6 heteroatoms. The Labute approximate surface area is 117 Å². The first-order chi connectivity index (χ1) is 9.51. The highest BCUT2D eigenvalue weighted by molar-refractivity contribution is 5.68. The molecule has 1 amide bonds. The molecule has 0 radical (unpaired) electrons. The van der Waals surface area contributed by atoms with Crippen LogP contribution in [0.4, 0.5) is 4.79 Å². The number of amides is 1. The van der Waals surface area contributed by atoms with Gasteiger partial charge >= 0.3 is 6.09 Å². The summed E-state index contributed by atoms with van der Waals surface area (Å²) in [5, 5.41) is 30.6. The van der Waals surface area contributed by atoms with E-state index in [9.17, 15) is 15.0 Å². The zero-order chi connectivity index (χ0) is 14.6. The second-order valence-electron chi connectivity index (χ2n) is 5.36. The molecule has 0 aromatic heterocycles. The third-order valence-corrected chi connectivity index (χ3v) is 3.51. The van der Waals surface area contributed by atoms with E-state index >= 15 is 0 Å². The number of carbonyl (C=O) groups is 1. The molecule has 2 rings (SSSR count). The van der Waals surface area contributed by atoms with Crippen LogP contribution in [0, 0.1) is 0 Å². The third kappa shape index (κ3) is 3.27. The van der Waals surface area contributed by atoms with Crippen molar-refractivity contribution in [2.75, 3.05) is 13.2 Å². The zero-order valence-electron chi connectivity index (χ0n) is 11.1. The number of hydrogen-bond acceptors (Lipinski definition) is 5. The maximum Gasteiger partial charge on any atom is 0.407 e. The molecule has 0 unspecified atom stereocenters. The summed E-state index contributed by atoms with van der Waals surface area (Å²) >= 11 is 0. The summed E-state index contributed by atoms with van der Waals surface area (Å²) in [4.78, 5) is 11.7. The number of nitrogens with one attached hydrogen (secondary N) is 1. The Balaban J connectivity index is 1.82. The van der Waals surface area contributed by atoms with Crippen molar-refractivity contribution in [1.82, 2.24) is 5.32 Å². The molecule has 1 aromatic rings. The summed E-state index contributed by atoms with van der Waals surface area (Å²) in [6.45, 7) is -0.566. The molecule has 0 bridgehead atoms. The van der Waals surface area contributed by atoms with Crippen molar-refractivity contribution in [2.45, 2.75) is 30.6 Å². The van der Waals surface area contributed by atoms with E-state index in [1.807, 2.05) is 30.3 Å². The molecule has 6 nitrogen and oxygen atoms in total. The van der Waals surface area contributed by atoms with E-state index in [-0.39, 0.29) is 26.1 Å². The first kappa shape index (κ1) is 14.8. The van der Waals surface area contributed by atoms with Gasteiger partial charge in [-0.05, 0) is 5.56 Å². The molecule has 0 spiro atoms. The van der Waals surface area contributed by atoms with E-state index < -0.39 is 23.8 Å². The maximum atomic E-state index is 11.7. The molecular weight excluding hydrogens is 262 g/mol. The Bertz CT molecular complexity index is 456. The Morgan fingerprint density at radius 1 is 1.20 bits per heavy atom. The van der Waals surface area contributed by atoms with E-state index in [0.717, 1.165) is 5.56 Å². The minimum Gasteiger partial charge on any atom is -0.445 e. The lowest BCUT2D eigenvalue weighted by Crippen LogP contribution is -2.68. The van der Waals surface area contributed by atoms with E-state index in [1.54, 1.807) is 0 Å². The van der Waals surface area contributed by atoms with Crippen LogP contribution in [0.25, 0.3) is 0 Å². The number of hydrogen-bond donors (Lipinski definition) is 4. The molecule has 20 heavy (non-hydrogen) atoms. The lowest BCUT2D eigenvalue weighted by atomic mass is 9.65. The van der Waals surface area contributed by atoms with Crippen molar-refractivity contribution in [2.24, 2.45) is 0 Å². The maximum absolute atomic E-state index is 11.7. The van der Waals surface area contributed by atoms with Crippen molar-refractivity contribution >= 4 is 6.09 Å². The standard InChI is InChI=1S/C14H19NO5/c16-9-13(7-14(19,8-13)10-17)15-12(18)20-6-11-4-2-1-3-5-11/h1-5,16-17,19H,6-10H2,(H,15,18). The highest BCUT2D eigenvalue weighted by atomic mass is 16.5. The molecule has 0 saturated heterocycles. The lowest BCUT2D eigenvalue weighted by molar-refractivity contribution is -0.138. The first-order valence-electron chi connectivity index (χ1n) is 6.44. The summed E-state index contributed by atoms with van der Waals surface area (Å²) in [5.74, 6) is 0. The van der Waals surface area contributed by atoms with Gasteiger partial charge < -0.3 is 25.4 Å². The van der Waals surface area contributed by atoms with Crippen LogP contribution in [-0.2, 0) is 11.3 Å². The number of aliphatic hydroxyl groups excluding tert-OH is 2. The molecule has 110 valence electrons. The fourth-order valence-corrected chi connectivity index (χ4v) is 2.54. The lowest BCUT2D eigenvalue weighted by Gasteiger charge is -2.51. The molecule has 0 atom stereocenters. The number of carbonyl (C=O) groups excluding carboxylic acids is 1. The van der Waals surface area contributed by atoms with Crippen LogP contribution in [0.15, 0.2) is 30.3 Å². The zero-order valence-corrected chi connectivity index (χ0v) is 11.1. The number of ether oxygens (including phenoxy) is 1. The van der Waals surface area contributed by atoms with Gasteiger partial charge in [0.2, 0.25) is 0 Å². The molecule has 0 heterocycles. The number of rotatable bonds is 5. The van der Waals surface area contributed by atoms with Gasteiger partial charge in [-0.2, -0.15) is 0 Å². The minimum absolute atomic E-state index is 0.105. The van der Waals surface area contributed by atoms with Crippen LogP contribution in [0.5, 0.6) is 0 Å². The van der Waals surface area contributed by atoms with Gasteiger partial charge in [0.25, 0.3) is 0 Å². The van der Waals surface area contributed by atoms with Gasteiger partial charge in [-0.1, -0.05) is 30.3 Å². The molecule has 0 aliphatic heterocycles. The predicted molar refractivity (Wildman–Crippen MR) is 70.8 cm³/mol. The fraction of sp³-hybridized carbons (Fsp3) is 0.500. The van der Waals surface area contributed by atoms with Crippen LogP contribution in [0.2, 0.25) is 0 Å². The average molecular weight is 281 g/mol. The van der Waals surface area contributed by atoms with Crippen molar-refractivity contribution < 1.29 is 24.9 Å². The van der Waals surface area contributed by atoms with Crippen LogP contribution < -0.4 is 5.32 Å². The Hall–Kier alpha value is -1.63. The number of alkyl carbamates (subject to hydrolysis) is 1. The Morgan fingerprint density at radius 2 is 1.85 bits per heavy atom. The first-order valence-corrected chi connectivity index (χ1v) is 6.44. The van der Waals surface area contributed by atoms with E-state index in [4.69, 9.17) is 9.84 Å². The quantitative estimate of drug-likeness (QED) is 0.616. The number of benzene rings is 1. The van der Waals surface area contributed by atoms with Gasteiger partial charge in [0.15, 0.2) is 0 Å². The van der Waals surface area contributed by atoms with Crippen LogP contribution in [-0.4, -0.2) is 45.8 Å². The summed E-state index contributed by atoms with van der Waals surface area (Å²) in [6, 6.07) is 9.23. The van der Waals surface area contributed by atoms with Crippen molar-refractivity contribution in [3.63, 3.8) is 0 Å². The van der Waals surface area contributed by atoms with E-state index in [2.05, 4.69) is 5.32 Å². The van der Waals surface area contributed by atoms with Gasteiger partial charge in [-0.25, -0.2) is 4.79 Å². The molecule has 1 fully saturated rings. The summed E-state index contributed by atoms with van der Waals surface area (Å²) in [7, 11) is 0. The van der Waals surface area contributed by atoms with Crippen molar-refractivity contribution in [3.05, 3.63) is 35.9 Å². The molecular formula is C14H19NO5. The topological polar surface area (TPSA) is 99.0 Å². The van der Waals surface area contributed by atoms with Crippen molar-refractivity contribution in [1.29, 1.82) is 0 Å². The smallest absolute Gasteiger partial charge is 0.407 e. The Kier molecular flexibility index (Phi) is 4.27. The largest absolute Gasteiger partial charge is 0.445 e. The molecule has 1 saturated carbocycles. The third-order valence-electron chi connectivity index (χ3n) is 3.51. The normalized spacial score (nSPS) is 28.6. The second kappa shape index (κ2) is 5.78. The van der Waals surface area contributed by atoms with Crippen LogP contribution in [0.1, 0.15) is 18.4 Å². The van der Waals surface area contributed by atoms with Gasteiger partial charge in [0, 0.05) is 12.8 Å². The van der Waals surface area contributed by atoms with Crippen LogP contribution in [0.3, 0.4) is 0 Å². The monoisotopic (exact) mass is 281 g/mol. The fourth-order valence-electron chi connectivity index (χ4n) is 2.54. The van der Waals surface area contributed by atoms with Gasteiger partial charge in [-0.15, -0.1) is 0 Å². The van der Waals surface area contributed by atoms with Gasteiger partial charge in [0.05, 0.1) is 24.4 Å². The minimum atomic E-state index is -1.23. The molecule has 1 aliphatic carbocycles. The number of aliphatic hydroxyl groups is 3. The van der Waals surface area contributed by atoms with E-state index in [1.165, 1.54) is 0 Å². The van der Waals surface area contributed by atoms with E-state index in [0.29, 0.717) is 0 Å². The Morgan fingerprint density at radius 3 is 2.40 bits per heavy atom. The van der Waals surface area contributed by atoms with Crippen LogP contribution >= 0.6 is 0 Å². The molecule has 4 N–H and O–H groups in total. The second-order valence-corrected chi connectivity index (χ2v) is 5.36. The summed E-state index contributed by atoms with van der Waals surface area (Å²) in [5.41, 5.74) is -1.28. The molecule has 1 aliphatic rings.